The zero-order valence-corrected chi connectivity index (χ0v) is 22.7. The molecular weight excluding hydrogens is 530 g/mol. The molecule has 0 bridgehead atoms. The number of hydrogen-bond donors (Lipinski definition) is 1. The zero-order chi connectivity index (χ0) is 27.4. The number of hydrogen-bond acceptors (Lipinski definition) is 8. The van der Waals surface area contributed by atoms with Crippen LogP contribution in [-0.4, -0.2) is 22.8 Å². The third-order valence-electron chi connectivity index (χ3n) is 6.04. The van der Waals surface area contributed by atoms with E-state index in [0.717, 1.165) is 33.8 Å². The van der Waals surface area contributed by atoms with E-state index in [1.807, 2.05) is 36.4 Å². The van der Waals surface area contributed by atoms with Crippen LogP contribution in [0.25, 0.3) is 22.3 Å². The molecule has 2 aromatic heterocycles. The first-order valence-electron chi connectivity index (χ1n) is 12.0. The van der Waals surface area contributed by atoms with E-state index in [-0.39, 0.29) is 21.3 Å². The lowest BCUT2D eigenvalue weighted by atomic mass is 9.95. The van der Waals surface area contributed by atoms with Crippen molar-refractivity contribution in [3.8, 4) is 39.8 Å². The van der Waals surface area contributed by atoms with Crippen molar-refractivity contribution in [2.24, 2.45) is 0 Å². The number of rotatable bonds is 8. The van der Waals surface area contributed by atoms with Gasteiger partial charge in [-0.3, -0.25) is 9.71 Å². The zero-order valence-electron chi connectivity index (χ0n) is 21.1. The van der Waals surface area contributed by atoms with Crippen LogP contribution in [0.5, 0.6) is 11.5 Å². The molecule has 0 spiro atoms. The Morgan fingerprint density at radius 1 is 0.923 bits per heavy atom. The first kappa shape index (κ1) is 26.0. The second-order valence-corrected chi connectivity index (χ2v) is 11.4. The number of pyridine rings is 1. The number of nitrogens with zero attached hydrogens (tertiary/aromatic N) is 4. The van der Waals surface area contributed by atoms with Crippen LogP contribution in [0.3, 0.4) is 0 Å². The number of nitrogens with one attached hydrogen (secondary N) is 1. The second-order valence-electron chi connectivity index (χ2n) is 8.95. The predicted molar refractivity (Wildman–Crippen MR) is 151 cm³/mol. The number of benzene rings is 3. The Balaban J connectivity index is 1.52. The molecule has 0 amide bonds. The number of nitriles is 1. The molecule has 0 radical (unpaired) electrons. The number of anilines is 1. The van der Waals surface area contributed by atoms with Crippen LogP contribution in [0.15, 0.2) is 96.4 Å². The predicted octanol–water partition coefficient (Wildman–Crippen LogP) is 6.86. The molecule has 0 saturated carbocycles. The van der Waals surface area contributed by atoms with E-state index in [1.54, 1.807) is 12.4 Å². The van der Waals surface area contributed by atoms with Gasteiger partial charge in [0.05, 0.1) is 10.5 Å². The molecule has 8 nitrogen and oxygen atoms in total. The van der Waals surface area contributed by atoms with Crippen molar-refractivity contribution in [2.45, 2.75) is 24.7 Å². The molecule has 5 aromatic rings. The fourth-order valence-electron chi connectivity index (χ4n) is 4.00. The average molecular weight is 554 g/mol. The topological polar surface area (TPSA) is 118 Å². The highest BCUT2D eigenvalue weighted by Crippen LogP contribution is 2.38. The van der Waals surface area contributed by atoms with Gasteiger partial charge in [0.1, 0.15) is 23.9 Å². The van der Waals surface area contributed by atoms with Crippen LogP contribution in [0.1, 0.15) is 30.9 Å². The summed E-state index contributed by atoms with van der Waals surface area (Å²) in [6.07, 6.45) is 4.67. The van der Waals surface area contributed by atoms with Gasteiger partial charge in [0.15, 0.2) is 0 Å². The molecule has 194 valence electrons. The molecule has 0 fully saturated rings. The van der Waals surface area contributed by atoms with Crippen LogP contribution in [-0.2, 0) is 10.0 Å². The van der Waals surface area contributed by atoms with Gasteiger partial charge in [-0.1, -0.05) is 44.2 Å². The summed E-state index contributed by atoms with van der Waals surface area (Å²) >= 11 is 0.915. The Bertz CT molecular complexity index is 1760. The number of sulfonamides is 1. The molecule has 0 aliphatic carbocycles. The van der Waals surface area contributed by atoms with Crippen LogP contribution in [0.2, 0.25) is 0 Å². The van der Waals surface area contributed by atoms with E-state index in [9.17, 15) is 13.7 Å². The summed E-state index contributed by atoms with van der Waals surface area (Å²) in [5.74, 6) is 1.15. The minimum absolute atomic E-state index is 0.0736. The van der Waals surface area contributed by atoms with Crippen molar-refractivity contribution in [1.29, 1.82) is 5.26 Å². The van der Waals surface area contributed by atoms with Crippen molar-refractivity contribution in [3.05, 3.63) is 103 Å². The minimum Gasteiger partial charge on any atom is -0.455 e. The second kappa shape index (κ2) is 11.0. The fourth-order valence-corrected chi connectivity index (χ4v) is 5.68. The lowest BCUT2D eigenvalue weighted by Crippen LogP contribution is -2.13. The molecule has 1 N–H and O–H groups in total. The molecule has 0 unspecified atom stereocenters. The largest absolute Gasteiger partial charge is 0.455 e. The smallest absolute Gasteiger partial charge is 0.263 e. The van der Waals surface area contributed by atoms with Crippen molar-refractivity contribution in [2.75, 3.05) is 4.72 Å². The Kier molecular flexibility index (Phi) is 7.36. The first-order chi connectivity index (χ1) is 18.8. The summed E-state index contributed by atoms with van der Waals surface area (Å²) in [5.41, 5.74) is 5.11. The SMILES string of the molecule is CC(C)c1cccc(-c2ccc(Oc3ccc(S(=O)(=O)Nc4ncns4)cc3C#N)c(-c3ccncc3)c2)c1. The van der Waals surface area contributed by atoms with Gasteiger partial charge in [-0.2, -0.15) is 9.64 Å². The summed E-state index contributed by atoms with van der Waals surface area (Å²) in [7, 11) is -3.96. The molecule has 5 rings (SSSR count). The van der Waals surface area contributed by atoms with Crippen LogP contribution in [0, 0.1) is 11.3 Å². The van der Waals surface area contributed by atoms with Crippen molar-refractivity contribution < 1.29 is 13.2 Å². The molecule has 0 atom stereocenters. The summed E-state index contributed by atoms with van der Waals surface area (Å²) in [5, 5.41) is 9.95. The van der Waals surface area contributed by atoms with E-state index in [0.29, 0.717) is 11.7 Å². The molecule has 0 saturated heterocycles. The Labute approximate surface area is 230 Å². The molecular formula is C29H23N5O3S2. The standard InChI is InChI=1S/C29H23N5O3S2/c1-19(2)21-4-3-5-22(14-21)23-6-8-28(26(16-23)20-10-12-31-13-11-20)37-27-9-7-25(15-24(27)17-30)39(35,36)34-29-32-18-33-38-29/h3-16,18-19H,1-2H3,(H,32,33,34). The van der Waals surface area contributed by atoms with E-state index < -0.39 is 10.0 Å². The van der Waals surface area contributed by atoms with Gasteiger partial charge in [0, 0.05) is 29.5 Å². The Morgan fingerprint density at radius 3 is 2.41 bits per heavy atom. The minimum atomic E-state index is -3.96. The van der Waals surface area contributed by atoms with Gasteiger partial charge < -0.3 is 4.74 Å². The molecule has 0 aliphatic heterocycles. The van der Waals surface area contributed by atoms with E-state index >= 15 is 0 Å². The summed E-state index contributed by atoms with van der Waals surface area (Å²) in [6.45, 7) is 4.32. The van der Waals surface area contributed by atoms with Crippen molar-refractivity contribution in [1.82, 2.24) is 14.3 Å². The van der Waals surface area contributed by atoms with E-state index in [1.165, 1.54) is 30.1 Å². The first-order valence-corrected chi connectivity index (χ1v) is 14.3. The lowest BCUT2D eigenvalue weighted by Gasteiger charge is -2.15. The maximum absolute atomic E-state index is 12.8. The van der Waals surface area contributed by atoms with Gasteiger partial charge in [0.25, 0.3) is 10.0 Å². The highest BCUT2D eigenvalue weighted by Gasteiger charge is 2.19. The number of ether oxygens (including phenoxy) is 1. The van der Waals surface area contributed by atoms with Gasteiger partial charge in [-0.05, 0) is 70.6 Å². The summed E-state index contributed by atoms with van der Waals surface area (Å²) in [6, 6.07) is 24.2. The normalized spacial score (nSPS) is 11.2. The Hall–Kier alpha value is -4.59. The van der Waals surface area contributed by atoms with Crippen LogP contribution in [0.4, 0.5) is 5.13 Å². The highest BCUT2D eigenvalue weighted by atomic mass is 32.2. The van der Waals surface area contributed by atoms with Gasteiger partial charge in [-0.15, -0.1) is 0 Å². The van der Waals surface area contributed by atoms with E-state index in [4.69, 9.17) is 4.74 Å². The van der Waals surface area contributed by atoms with Gasteiger partial charge in [-0.25, -0.2) is 13.4 Å². The van der Waals surface area contributed by atoms with Crippen LogP contribution < -0.4 is 9.46 Å². The molecule has 39 heavy (non-hydrogen) atoms. The van der Waals surface area contributed by atoms with Crippen LogP contribution >= 0.6 is 11.5 Å². The molecule has 10 heteroatoms. The Morgan fingerprint density at radius 2 is 1.69 bits per heavy atom. The summed E-state index contributed by atoms with van der Waals surface area (Å²) in [4.78, 5) is 7.89. The highest BCUT2D eigenvalue weighted by molar-refractivity contribution is 7.93. The van der Waals surface area contributed by atoms with E-state index in [2.05, 4.69) is 57.2 Å². The van der Waals surface area contributed by atoms with Crippen molar-refractivity contribution >= 4 is 26.7 Å². The molecule has 2 heterocycles. The quantitative estimate of drug-likeness (QED) is 0.223. The lowest BCUT2D eigenvalue weighted by molar-refractivity contribution is 0.482. The maximum atomic E-state index is 12.8. The molecule has 3 aromatic carbocycles. The number of aromatic nitrogens is 3. The molecule has 0 aliphatic rings. The third kappa shape index (κ3) is 5.80. The van der Waals surface area contributed by atoms with Gasteiger partial charge >= 0.3 is 0 Å². The average Bonchev–Trinajstić information content (AvgIpc) is 3.46. The summed E-state index contributed by atoms with van der Waals surface area (Å²) < 4.78 is 38.0. The maximum Gasteiger partial charge on any atom is 0.263 e. The third-order valence-corrected chi connectivity index (χ3v) is 8.09. The van der Waals surface area contributed by atoms with Gasteiger partial charge in [0.2, 0.25) is 5.13 Å². The fraction of sp³-hybridized carbons (Fsp3) is 0.103. The monoisotopic (exact) mass is 553 g/mol. The van der Waals surface area contributed by atoms with Crippen molar-refractivity contribution in [3.63, 3.8) is 0 Å².